The van der Waals surface area contributed by atoms with E-state index in [9.17, 15) is 4.79 Å². The van der Waals surface area contributed by atoms with Gasteiger partial charge in [-0.2, -0.15) is 5.10 Å². The van der Waals surface area contributed by atoms with Crippen molar-refractivity contribution >= 4 is 28.2 Å². The van der Waals surface area contributed by atoms with Gasteiger partial charge in [-0.1, -0.05) is 19.9 Å². The number of aromatic amines is 1. The Labute approximate surface area is 235 Å². The van der Waals surface area contributed by atoms with Gasteiger partial charge in [0.1, 0.15) is 0 Å². The van der Waals surface area contributed by atoms with Gasteiger partial charge in [0.2, 0.25) is 0 Å². The highest BCUT2D eigenvalue weighted by atomic mass is 16.5. The van der Waals surface area contributed by atoms with Gasteiger partial charge in [-0.3, -0.25) is 24.8 Å². The number of hydrogen-bond donors (Lipinski definition) is 2. The number of likely N-dealkylation sites (N-methyl/N-ethyl adjacent to an activating group) is 1. The number of morpholine rings is 1. The van der Waals surface area contributed by atoms with Crippen LogP contribution in [0.25, 0.3) is 22.0 Å². The molecule has 3 aromatic heterocycles. The molecule has 2 N–H and O–H groups in total. The van der Waals surface area contributed by atoms with Gasteiger partial charge in [-0.25, -0.2) is 0 Å². The molecule has 210 valence electrons. The molecule has 1 amide bonds. The number of anilines is 2. The molecule has 2 saturated heterocycles. The van der Waals surface area contributed by atoms with Crippen LogP contribution < -0.4 is 10.2 Å². The van der Waals surface area contributed by atoms with Gasteiger partial charge in [0.15, 0.2) is 5.69 Å². The minimum atomic E-state index is -0.276. The third-order valence-corrected chi connectivity index (χ3v) is 7.28. The normalized spacial score (nSPS) is 16.4. The smallest absolute Gasteiger partial charge is 0.276 e. The van der Waals surface area contributed by atoms with Crippen LogP contribution in [-0.2, 0) is 11.3 Å². The Morgan fingerprint density at radius 1 is 0.950 bits per heavy atom. The average Bonchev–Trinajstić information content (AvgIpc) is 3.44. The van der Waals surface area contributed by atoms with Crippen LogP contribution in [0.15, 0.2) is 55.0 Å². The Bertz CT molecular complexity index is 1410. The van der Waals surface area contributed by atoms with E-state index in [0.29, 0.717) is 11.4 Å². The molecule has 0 spiro atoms. The predicted molar refractivity (Wildman–Crippen MR) is 159 cm³/mol. The van der Waals surface area contributed by atoms with Gasteiger partial charge in [0.05, 0.1) is 48.2 Å². The molecule has 1 aromatic carbocycles. The maximum atomic E-state index is 13.2. The summed E-state index contributed by atoms with van der Waals surface area (Å²) >= 11 is 0. The predicted octanol–water partition coefficient (Wildman–Crippen LogP) is 3.88. The fourth-order valence-electron chi connectivity index (χ4n) is 4.96. The molecule has 2 aliphatic rings. The van der Waals surface area contributed by atoms with Gasteiger partial charge in [-0.15, -0.1) is 0 Å². The second-order valence-electron chi connectivity index (χ2n) is 9.94. The molecule has 0 aliphatic carbocycles. The summed E-state index contributed by atoms with van der Waals surface area (Å²) in [6, 6.07) is 12.0. The maximum Gasteiger partial charge on any atom is 0.276 e. The van der Waals surface area contributed by atoms with Gasteiger partial charge in [-0.05, 0) is 42.9 Å². The van der Waals surface area contributed by atoms with Gasteiger partial charge < -0.3 is 19.9 Å². The molecule has 0 radical (unpaired) electrons. The summed E-state index contributed by atoms with van der Waals surface area (Å²) < 4.78 is 5.48. The Balaban J connectivity index is 0.00000158. The van der Waals surface area contributed by atoms with Crippen LogP contribution in [-0.4, -0.2) is 95.4 Å². The van der Waals surface area contributed by atoms with Crippen molar-refractivity contribution in [3.05, 3.63) is 66.4 Å². The second kappa shape index (κ2) is 13.0. The number of hydrogen-bond acceptors (Lipinski definition) is 8. The fourth-order valence-corrected chi connectivity index (χ4v) is 4.96. The fraction of sp³-hybridized carbons (Fsp3) is 0.400. The number of rotatable bonds is 6. The number of benzene rings is 1. The molecule has 0 atom stereocenters. The zero-order valence-corrected chi connectivity index (χ0v) is 23.6. The summed E-state index contributed by atoms with van der Waals surface area (Å²) in [6.45, 7) is 12.2. The summed E-state index contributed by atoms with van der Waals surface area (Å²) in [6.07, 6.45) is 5.45. The standard InChI is InChI=1S/C28H32N8O2.C2H6/c1-34-6-8-35(9-7-34)19-23-4-3-22(17-30-23)31-28(37)27-25-15-20(2-5-26(25)32-33-27)21-14-24(18-29-16-21)36-10-12-38-13-11-36;1-2/h2-5,14-18H,6-13,19H2,1H3,(H,31,37)(H,32,33);1-2H3. The van der Waals surface area contributed by atoms with Crippen LogP contribution in [0, 0.1) is 0 Å². The van der Waals surface area contributed by atoms with Crippen molar-refractivity contribution in [3.8, 4) is 11.1 Å². The van der Waals surface area contributed by atoms with Gasteiger partial charge >= 0.3 is 0 Å². The van der Waals surface area contributed by atoms with Crippen LogP contribution >= 0.6 is 0 Å². The highest BCUT2D eigenvalue weighted by molar-refractivity contribution is 6.11. The van der Waals surface area contributed by atoms with Crippen molar-refractivity contribution in [2.24, 2.45) is 0 Å². The van der Waals surface area contributed by atoms with E-state index in [1.807, 2.05) is 56.6 Å². The Morgan fingerprint density at radius 3 is 2.50 bits per heavy atom. The van der Waals surface area contributed by atoms with Crippen LogP contribution in [0.3, 0.4) is 0 Å². The van der Waals surface area contributed by atoms with E-state index in [2.05, 4.69) is 53.3 Å². The first-order valence-electron chi connectivity index (χ1n) is 14.1. The van der Waals surface area contributed by atoms with E-state index in [1.54, 1.807) is 6.20 Å². The molecule has 6 rings (SSSR count). The lowest BCUT2D eigenvalue weighted by atomic mass is 10.0. The van der Waals surface area contributed by atoms with Gasteiger partial charge in [0, 0.05) is 63.0 Å². The number of amides is 1. The topological polar surface area (TPSA) is 103 Å². The van der Waals surface area contributed by atoms with E-state index >= 15 is 0 Å². The molecule has 40 heavy (non-hydrogen) atoms. The van der Waals surface area contributed by atoms with Crippen molar-refractivity contribution in [2.75, 3.05) is 69.7 Å². The van der Waals surface area contributed by atoms with Crippen molar-refractivity contribution in [3.63, 3.8) is 0 Å². The zero-order valence-electron chi connectivity index (χ0n) is 23.6. The quantitative estimate of drug-likeness (QED) is 0.379. The molecule has 2 aliphatic heterocycles. The number of nitrogens with zero attached hydrogens (tertiary/aromatic N) is 6. The Morgan fingerprint density at radius 2 is 1.75 bits per heavy atom. The zero-order chi connectivity index (χ0) is 27.9. The summed E-state index contributed by atoms with van der Waals surface area (Å²) in [5, 5.41) is 11.0. The van der Waals surface area contributed by atoms with Crippen molar-refractivity contribution in [1.29, 1.82) is 0 Å². The number of carbonyl (C=O) groups excluding carboxylic acids is 1. The number of aromatic nitrogens is 4. The maximum absolute atomic E-state index is 13.2. The highest BCUT2D eigenvalue weighted by Gasteiger charge is 2.18. The molecule has 0 saturated carbocycles. The summed E-state index contributed by atoms with van der Waals surface area (Å²) in [7, 11) is 2.15. The Kier molecular flexibility index (Phi) is 9.00. The number of carbonyl (C=O) groups is 1. The van der Waals surface area contributed by atoms with E-state index in [1.165, 1.54) is 0 Å². The summed E-state index contributed by atoms with van der Waals surface area (Å²) in [5.41, 5.74) is 5.83. The van der Waals surface area contributed by atoms with E-state index in [-0.39, 0.29) is 5.91 Å². The van der Waals surface area contributed by atoms with Crippen LogP contribution in [0.1, 0.15) is 30.0 Å². The molecule has 10 nitrogen and oxygen atoms in total. The van der Waals surface area contributed by atoms with Crippen molar-refractivity contribution in [1.82, 2.24) is 30.0 Å². The number of ether oxygens (including phenoxy) is 1. The van der Waals surface area contributed by atoms with Gasteiger partial charge in [0.25, 0.3) is 5.91 Å². The third-order valence-electron chi connectivity index (χ3n) is 7.28. The van der Waals surface area contributed by atoms with E-state index in [4.69, 9.17) is 4.74 Å². The number of pyridine rings is 2. The summed E-state index contributed by atoms with van der Waals surface area (Å²) in [4.78, 5) is 29.2. The molecule has 10 heteroatoms. The summed E-state index contributed by atoms with van der Waals surface area (Å²) in [5.74, 6) is -0.276. The lowest BCUT2D eigenvalue weighted by molar-refractivity contribution is 0.102. The third kappa shape index (κ3) is 6.47. The molecule has 4 aromatic rings. The van der Waals surface area contributed by atoms with Crippen LogP contribution in [0.4, 0.5) is 11.4 Å². The number of fused-ring (bicyclic) bond motifs is 1. The minimum absolute atomic E-state index is 0.276. The molecular weight excluding hydrogens is 504 g/mol. The number of nitrogens with one attached hydrogen (secondary N) is 2. The second-order valence-corrected chi connectivity index (χ2v) is 9.94. The largest absolute Gasteiger partial charge is 0.378 e. The highest BCUT2D eigenvalue weighted by Crippen LogP contribution is 2.28. The number of H-pyrrole nitrogens is 1. The van der Waals surface area contributed by atoms with Crippen LogP contribution in [0.5, 0.6) is 0 Å². The van der Waals surface area contributed by atoms with E-state index in [0.717, 1.165) is 92.4 Å². The van der Waals surface area contributed by atoms with E-state index < -0.39 is 0 Å². The monoisotopic (exact) mass is 542 g/mol. The first kappa shape index (κ1) is 27.7. The van der Waals surface area contributed by atoms with Crippen molar-refractivity contribution < 1.29 is 9.53 Å². The first-order valence-corrected chi connectivity index (χ1v) is 14.1. The minimum Gasteiger partial charge on any atom is -0.378 e. The lowest BCUT2D eigenvalue weighted by Gasteiger charge is -2.32. The van der Waals surface area contributed by atoms with Crippen molar-refractivity contribution in [2.45, 2.75) is 20.4 Å². The molecule has 0 unspecified atom stereocenters. The lowest BCUT2D eigenvalue weighted by Crippen LogP contribution is -2.43. The molecule has 5 heterocycles. The molecule has 2 fully saturated rings. The van der Waals surface area contributed by atoms with Crippen LogP contribution in [0.2, 0.25) is 0 Å². The molecular formula is C30H38N8O2. The average molecular weight is 543 g/mol. The SMILES string of the molecule is CC.CN1CCN(Cc2ccc(NC(=O)c3n[nH]c4ccc(-c5cncc(N6CCOCC6)c5)cc34)cn2)CC1. The Hall–Kier alpha value is -3.86. The molecule has 0 bridgehead atoms. The number of piperazine rings is 1. The first-order chi connectivity index (χ1) is 19.6.